The summed E-state index contributed by atoms with van der Waals surface area (Å²) in [4.78, 5) is 0. The zero-order chi connectivity index (χ0) is 12.9. The molecular weight excluding hydrogens is 304 g/mol. The number of hydrogen-bond acceptors (Lipinski definition) is 3. The third-order valence-electron chi connectivity index (χ3n) is 2.37. The fraction of sp³-hybridized carbons (Fsp3) is 0.455. The van der Waals surface area contributed by atoms with Crippen molar-refractivity contribution >= 4 is 26.0 Å². The zero-order valence-corrected chi connectivity index (χ0v) is 12.4. The Balaban J connectivity index is 2.38. The molecule has 1 N–H and O–H groups in total. The number of hydrogen-bond donors (Lipinski definition) is 1. The molecule has 0 fully saturated rings. The standard InChI is InChI=1S/C11H17BrN2O2S/c1-14(2)17(15,16)8-7-13-9-10-5-3-4-6-11(10)12/h3-6,13H,7-9H2,1-2H3. The number of sulfonamides is 1. The third kappa shape index (κ3) is 4.75. The second kappa shape index (κ2) is 6.49. The first-order valence-corrected chi connectivity index (χ1v) is 7.68. The minimum Gasteiger partial charge on any atom is -0.312 e. The number of rotatable bonds is 6. The van der Waals surface area contributed by atoms with E-state index in [1.807, 2.05) is 24.3 Å². The minimum atomic E-state index is -3.10. The lowest BCUT2D eigenvalue weighted by molar-refractivity contribution is 0.517. The molecule has 0 aliphatic rings. The predicted molar refractivity (Wildman–Crippen MR) is 73.3 cm³/mol. The van der Waals surface area contributed by atoms with Gasteiger partial charge in [-0.1, -0.05) is 34.1 Å². The van der Waals surface area contributed by atoms with Crippen LogP contribution in [0.2, 0.25) is 0 Å². The lowest BCUT2D eigenvalue weighted by Gasteiger charge is -2.11. The molecule has 1 aromatic carbocycles. The van der Waals surface area contributed by atoms with Crippen LogP contribution < -0.4 is 5.32 Å². The SMILES string of the molecule is CN(C)S(=O)(=O)CCNCc1ccccc1Br. The summed E-state index contributed by atoms with van der Waals surface area (Å²) in [6, 6.07) is 7.87. The van der Waals surface area contributed by atoms with Gasteiger partial charge in [0, 0.05) is 31.7 Å². The maximum Gasteiger partial charge on any atom is 0.214 e. The smallest absolute Gasteiger partial charge is 0.214 e. The fourth-order valence-corrected chi connectivity index (χ4v) is 2.44. The van der Waals surface area contributed by atoms with Gasteiger partial charge < -0.3 is 5.32 Å². The highest BCUT2D eigenvalue weighted by Crippen LogP contribution is 2.15. The molecule has 96 valence electrons. The first-order chi connectivity index (χ1) is 7.93. The molecule has 0 atom stereocenters. The molecule has 0 unspecified atom stereocenters. The van der Waals surface area contributed by atoms with Crippen LogP contribution in [0.15, 0.2) is 28.7 Å². The second-order valence-corrected chi connectivity index (χ2v) is 7.02. The van der Waals surface area contributed by atoms with E-state index in [1.54, 1.807) is 14.1 Å². The first-order valence-electron chi connectivity index (χ1n) is 5.28. The van der Waals surface area contributed by atoms with E-state index in [0.717, 1.165) is 10.0 Å². The molecule has 4 nitrogen and oxygen atoms in total. The molecule has 0 aliphatic heterocycles. The molecule has 0 aromatic heterocycles. The summed E-state index contributed by atoms with van der Waals surface area (Å²) in [7, 11) is -0.0141. The van der Waals surface area contributed by atoms with E-state index in [4.69, 9.17) is 0 Å². The minimum absolute atomic E-state index is 0.116. The zero-order valence-electron chi connectivity index (χ0n) is 9.98. The van der Waals surface area contributed by atoms with Gasteiger partial charge in [0.1, 0.15) is 0 Å². The second-order valence-electron chi connectivity index (χ2n) is 3.87. The van der Waals surface area contributed by atoms with E-state index in [-0.39, 0.29) is 5.75 Å². The Morgan fingerprint density at radius 2 is 1.94 bits per heavy atom. The fourth-order valence-electron chi connectivity index (χ4n) is 1.25. The number of nitrogens with zero attached hydrogens (tertiary/aromatic N) is 1. The number of nitrogens with one attached hydrogen (secondary N) is 1. The third-order valence-corrected chi connectivity index (χ3v) is 4.97. The van der Waals surface area contributed by atoms with Gasteiger partial charge >= 0.3 is 0 Å². The molecule has 6 heteroatoms. The summed E-state index contributed by atoms with van der Waals surface area (Å²) in [5.74, 6) is 0.116. The van der Waals surface area contributed by atoms with Crippen LogP contribution >= 0.6 is 15.9 Å². The van der Waals surface area contributed by atoms with Gasteiger partial charge in [-0.2, -0.15) is 0 Å². The van der Waals surface area contributed by atoms with Gasteiger partial charge in [-0.25, -0.2) is 12.7 Å². The largest absolute Gasteiger partial charge is 0.312 e. The molecule has 17 heavy (non-hydrogen) atoms. The van der Waals surface area contributed by atoms with Crippen molar-refractivity contribution in [2.24, 2.45) is 0 Å². The van der Waals surface area contributed by atoms with Crippen molar-refractivity contribution in [2.45, 2.75) is 6.54 Å². The van der Waals surface area contributed by atoms with E-state index >= 15 is 0 Å². The lowest BCUT2D eigenvalue weighted by atomic mass is 10.2. The summed E-state index contributed by atoms with van der Waals surface area (Å²) < 4.78 is 25.2. The van der Waals surface area contributed by atoms with Crippen molar-refractivity contribution in [2.75, 3.05) is 26.4 Å². The van der Waals surface area contributed by atoms with Crippen LogP contribution in [0.1, 0.15) is 5.56 Å². The normalized spacial score (nSPS) is 12.0. The molecule has 0 radical (unpaired) electrons. The van der Waals surface area contributed by atoms with Gasteiger partial charge in [-0.15, -0.1) is 0 Å². The van der Waals surface area contributed by atoms with Crippen LogP contribution in [0.5, 0.6) is 0 Å². The molecule has 0 aliphatic carbocycles. The van der Waals surface area contributed by atoms with Gasteiger partial charge in [0.2, 0.25) is 10.0 Å². The summed E-state index contributed by atoms with van der Waals surface area (Å²) >= 11 is 3.44. The molecule has 0 saturated carbocycles. The number of halogens is 1. The van der Waals surface area contributed by atoms with E-state index in [2.05, 4.69) is 21.2 Å². The van der Waals surface area contributed by atoms with Gasteiger partial charge in [0.15, 0.2) is 0 Å². The number of benzene rings is 1. The molecular formula is C11H17BrN2O2S. The van der Waals surface area contributed by atoms with E-state index in [0.29, 0.717) is 13.1 Å². The van der Waals surface area contributed by atoms with E-state index in [1.165, 1.54) is 4.31 Å². The van der Waals surface area contributed by atoms with Crippen LogP contribution in [0, 0.1) is 0 Å². The van der Waals surface area contributed by atoms with E-state index in [9.17, 15) is 8.42 Å². The predicted octanol–water partition coefficient (Wildman–Crippen LogP) is 1.43. The maximum absolute atomic E-state index is 11.5. The van der Waals surface area contributed by atoms with Gasteiger partial charge in [0.25, 0.3) is 0 Å². The van der Waals surface area contributed by atoms with Crippen molar-refractivity contribution in [3.8, 4) is 0 Å². The Kier molecular flexibility index (Phi) is 5.58. The van der Waals surface area contributed by atoms with Crippen molar-refractivity contribution in [3.63, 3.8) is 0 Å². The highest BCUT2D eigenvalue weighted by atomic mass is 79.9. The van der Waals surface area contributed by atoms with Crippen LogP contribution in [0.25, 0.3) is 0 Å². The van der Waals surface area contributed by atoms with Gasteiger partial charge in [-0.05, 0) is 11.6 Å². The molecule has 1 rings (SSSR count). The van der Waals surface area contributed by atoms with Gasteiger partial charge in [0.05, 0.1) is 5.75 Å². The van der Waals surface area contributed by atoms with Crippen molar-refractivity contribution in [1.82, 2.24) is 9.62 Å². The first kappa shape index (κ1) is 14.6. The summed E-state index contributed by atoms with van der Waals surface area (Å²) in [5, 5.41) is 3.12. The Morgan fingerprint density at radius 3 is 2.53 bits per heavy atom. The van der Waals surface area contributed by atoms with Crippen molar-refractivity contribution in [3.05, 3.63) is 34.3 Å². The molecule has 0 bridgehead atoms. The van der Waals surface area contributed by atoms with Crippen LogP contribution in [0.3, 0.4) is 0 Å². The van der Waals surface area contributed by atoms with Crippen LogP contribution in [-0.4, -0.2) is 39.1 Å². The molecule has 0 saturated heterocycles. The Morgan fingerprint density at radius 1 is 1.29 bits per heavy atom. The summed E-state index contributed by atoms with van der Waals surface area (Å²) in [5.41, 5.74) is 1.12. The lowest BCUT2D eigenvalue weighted by Crippen LogP contribution is -2.31. The molecule has 0 heterocycles. The summed E-state index contributed by atoms with van der Waals surface area (Å²) in [6.07, 6.45) is 0. The van der Waals surface area contributed by atoms with Gasteiger partial charge in [-0.3, -0.25) is 0 Å². The highest BCUT2D eigenvalue weighted by Gasteiger charge is 2.12. The Hall–Kier alpha value is -0.430. The average Bonchev–Trinajstić information content (AvgIpc) is 2.26. The van der Waals surface area contributed by atoms with Crippen molar-refractivity contribution in [1.29, 1.82) is 0 Å². The van der Waals surface area contributed by atoms with Crippen LogP contribution in [0.4, 0.5) is 0 Å². The topological polar surface area (TPSA) is 49.4 Å². The molecule has 1 aromatic rings. The molecule has 0 spiro atoms. The van der Waals surface area contributed by atoms with Crippen LogP contribution in [-0.2, 0) is 16.6 Å². The van der Waals surface area contributed by atoms with Crippen molar-refractivity contribution < 1.29 is 8.42 Å². The summed E-state index contributed by atoms with van der Waals surface area (Å²) in [6.45, 7) is 1.10. The highest BCUT2D eigenvalue weighted by molar-refractivity contribution is 9.10. The Bertz CT molecular complexity index is 460. The monoisotopic (exact) mass is 320 g/mol. The van der Waals surface area contributed by atoms with E-state index < -0.39 is 10.0 Å². The maximum atomic E-state index is 11.5. The molecule has 0 amide bonds. The average molecular weight is 321 g/mol. The Labute approximate surface area is 111 Å². The quantitative estimate of drug-likeness (QED) is 0.807.